The van der Waals surface area contributed by atoms with Gasteiger partial charge in [0.05, 0.1) is 11.4 Å². The molecule has 3 aromatic rings. The van der Waals surface area contributed by atoms with Crippen molar-refractivity contribution < 1.29 is 49.8 Å². The van der Waals surface area contributed by atoms with Crippen molar-refractivity contribution in [1.82, 2.24) is 9.80 Å². The average Bonchev–Trinajstić information content (AvgIpc) is 2.94. The summed E-state index contributed by atoms with van der Waals surface area (Å²) in [6.45, 7) is 1.17. The summed E-state index contributed by atoms with van der Waals surface area (Å²) in [6.07, 6.45) is -12.0. The van der Waals surface area contributed by atoms with E-state index in [1.165, 1.54) is 35.2 Å². The van der Waals surface area contributed by atoms with Crippen LogP contribution in [0.4, 0.5) is 51.3 Å². The largest absolute Gasteiger partial charge is 0.430 e. The first kappa shape index (κ1) is 31.7. The summed E-state index contributed by atoms with van der Waals surface area (Å²) < 4.78 is 107. The third-order valence-corrected chi connectivity index (χ3v) is 6.84. The number of halogens is 8. The van der Waals surface area contributed by atoms with Crippen molar-refractivity contribution in [2.75, 3.05) is 36.8 Å². The van der Waals surface area contributed by atoms with Crippen LogP contribution in [-0.4, -0.2) is 65.4 Å². The first-order valence-electron chi connectivity index (χ1n) is 12.7. The van der Waals surface area contributed by atoms with E-state index in [2.05, 4.69) is 10.6 Å². The Morgan fingerprint density at radius 3 is 1.84 bits per heavy atom. The van der Waals surface area contributed by atoms with E-state index < -0.39 is 47.1 Å². The number of para-hydroxylation sites is 1. The number of hydrogen-bond donors (Lipinski definition) is 3. The van der Waals surface area contributed by atoms with Crippen molar-refractivity contribution in [3.05, 3.63) is 95.1 Å². The molecule has 7 nitrogen and oxygen atoms in total. The van der Waals surface area contributed by atoms with Crippen molar-refractivity contribution >= 4 is 23.3 Å². The highest BCUT2D eigenvalue weighted by Gasteiger charge is 2.71. The predicted molar refractivity (Wildman–Crippen MR) is 139 cm³/mol. The highest BCUT2D eigenvalue weighted by Crippen LogP contribution is 2.50. The number of nitrogens with zero attached hydrogens (tertiary/aromatic N) is 2. The molecule has 15 heteroatoms. The number of piperazine rings is 1. The molecule has 1 aliphatic rings. The van der Waals surface area contributed by atoms with Crippen molar-refractivity contribution in [2.45, 2.75) is 24.5 Å². The number of nitrogens with one attached hydrogen (secondary N) is 2. The molecule has 0 atom stereocenters. The number of rotatable bonds is 6. The quantitative estimate of drug-likeness (QED) is 0.302. The van der Waals surface area contributed by atoms with Gasteiger partial charge in [-0.15, -0.1) is 0 Å². The number of urea groups is 1. The highest BCUT2D eigenvalue weighted by molar-refractivity contribution is 6.00. The lowest BCUT2D eigenvalue weighted by atomic mass is 9.91. The molecule has 3 N–H and O–H groups in total. The van der Waals surface area contributed by atoms with Crippen LogP contribution in [0.2, 0.25) is 0 Å². The lowest BCUT2D eigenvalue weighted by Gasteiger charge is -2.35. The van der Waals surface area contributed by atoms with E-state index in [-0.39, 0.29) is 36.6 Å². The molecular formula is C28H24F8N4O3. The second-order valence-corrected chi connectivity index (χ2v) is 9.72. The van der Waals surface area contributed by atoms with Gasteiger partial charge in [0.25, 0.3) is 11.5 Å². The van der Waals surface area contributed by atoms with E-state index in [0.717, 1.165) is 24.3 Å². The molecule has 0 bridgehead atoms. The fourth-order valence-corrected chi connectivity index (χ4v) is 4.48. The minimum atomic E-state index is -5.98. The van der Waals surface area contributed by atoms with Gasteiger partial charge in [0.1, 0.15) is 11.6 Å². The Labute approximate surface area is 239 Å². The summed E-state index contributed by atoms with van der Waals surface area (Å²) >= 11 is 0. The van der Waals surface area contributed by atoms with Crippen LogP contribution in [0, 0.1) is 11.6 Å². The average molecular weight is 617 g/mol. The van der Waals surface area contributed by atoms with Crippen LogP contribution >= 0.6 is 0 Å². The van der Waals surface area contributed by atoms with Gasteiger partial charge in [-0.1, -0.05) is 36.4 Å². The number of benzene rings is 3. The molecule has 0 aromatic heterocycles. The van der Waals surface area contributed by atoms with Gasteiger partial charge in [-0.25, -0.2) is 13.6 Å². The summed E-state index contributed by atoms with van der Waals surface area (Å²) in [6, 6.07) is 11.2. The monoisotopic (exact) mass is 616 g/mol. The Balaban J connectivity index is 1.32. The summed E-state index contributed by atoms with van der Waals surface area (Å²) in [5.74, 6) is -2.08. The van der Waals surface area contributed by atoms with Gasteiger partial charge in [0, 0.05) is 43.9 Å². The van der Waals surface area contributed by atoms with Crippen molar-refractivity contribution in [3.8, 4) is 0 Å². The van der Waals surface area contributed by atoms with Crippen LogP contribution in [0.5, 0.6) is 0 Å². The molecule has 1 heterocycles. The van der Waals surface area contributed by atoms with E-state index in [4.69, 9.17) is 0 Å². The summed E-state index contributed by atoms with van der Waals surface area (Å²) in [7, 11) is 0. The fourth-order valence-electron chi connectivity index (χ4n) is 4.48. The van der Waals surface area contributed by atoms with Crippen LogP contribution < -0.4 is 10.6 Å². The third kappa shape index (κ3) is 6.88. The standard InChI is InChI=1S/C28H24F8N4O3/c29-20-3-1-2-4-22(20)37-25(42)38-23-10-7-18(15-21(23)30)24(41)40-13-11-39(12-14-40)16-17-5-8-19(9-6-17)26(43,27(31,32)33)28(34,35)36/h1-10,15,43H,11-14,16H2,(H2,37,38,42). The molecule has 1 saturated heterocycles. The maximum absolute atomic E-state index is 14.7. The van der Waals surface area contributed by atoms with E-state index in [1.807, 2.05) is 4.90 Å². The molecule has 0 radical (unpaired) electrons. The molecule has 0 saturated carbocycles. The molecule has 43 heavy (non-hydrogen) atoms. The predicted octanol–water partition coefficient (Wildman–Crippen LogP) is 5.88. The van der Waals surface area contributed by atoms with E-state index in [9.17, 15) is 49.8 Å². The molecule has 230 valence electrons. The Kier molecular flexibility index (Phi) is 8.97. The van der Waals surface area contributed by atoms with Gasteiger partial charge < -0.3 is 20.6 Å². The number of aliphatic hydroxyl groups is 1. The Morgan fingerprint density at radius 2 is 1.30 bits per heavy atom. The second kappa shape index (κ2) is 12.2. The first-order valence-corrected chi connectivity index (χ1v) is 12.7. The zero-order chi connectivity index (χ0) is 31.6. The molecule has 3 amide bonds. The van der Waals surface area contributed by atoms with Crippen molar-refractivity contribution in [2.24, 2.45) is 0 Å². The van der Waals surface area contributed by atoms with Gasteiger partial charge >= 0.3 is 18.4 Å². The zero-order valence-electron chi connectivity index (χ0n) is 22.1. The van der Waals surface area contributed by atoms with Gasteiger partial charge in [-0.3, -0.25) is 9.69 Å². The SMILES string of the molecule is O=C(Nc1ccccc1F)Nc1ccc(C(=O)N2CCN(Cc3ccc(C(O)(C(F)(F)F)C(F)(F)F)cc3)CC2)cc1F. The first-order chi connectivity index (χ1) is 20.1. The number of alkyl halides is 6. The summed E-state index contributed by atoms with van der Waals surface area (Å²) in [5, 5.41) is 14.0. The van der Waals surface area contributed by atoms with Crippen LogP contribution in [0.15, 0.2) is 66.7 Å². The Hall–Kier alpha value is -4.24. The summed E-state index contributed by atoms with van der Waals surface area (Å²) in [5.41, 5.74) is -6.33. The van der Waals surface area contributed by atoms with Crippen LogP contribution in [0.3, 0.4) is 0 Å². The van der Waals surface area contributed by atoms with Gasteiger partial charge in [-0.2, -0.15) is 26.3 Å². The number of amides is 3. The smallest absolute Gasteiger partial charge is 0.369 e. The van der Waals surface area contributed by atoms with Crippen LogP contribution in [0.1, 0.15) is 21.5 Å². The summed E-state index contributed by atoms with van der Waals surface area (Å²) in [4.78, 5) is 28.3. The zero-order valence-corrected chi connectivity index (χ0v) is 22.1. The molecule has 0 unspecified atom stereocenters. The van der Waals surface area contributed by atoms with Gasteiger partial charge in [0.15, 0.2) is 0 Å². The lowest BCUT2D eigenvalue weighted by Crippen LogP contribution is -2.53. The van der Waals surface area contributed by atoms with E-state index in [1.54, 1.807) is 0 Å². The Bertz CT molecular complexity index is 1460. The number of carbonyl (C=O) groups excluding carboxylic acids is 2. The van der Waals surface area contributed by atoms with Crippen LogP contribution in [0.25, 0.3) is 0 Å². The molecule has 0 aliphatic carbocycles. The minimum Gasteiger partial charge on any atom is -0.369 e. The van der Waals surface area contributed by atoms with Gasteiger partial charge in [0.2, 0.25) is 0 Å². The molecule has 3 aromatic carbocycles. The topological polar surface area (TPSA) is 84.9 Å². The van der Waals surface area contributed by atoms with Gasteiger partial charge in [-0.05, 0) is 35.9 Å². The maximum Gasteiger partial charge on any atom is 0.430 e. The number of anilines is 2. The number of carbonyl (C=O) groups is 2. The van der Waals surface area contributed by atoms with Crippen molar-refractivity contribution in [3.63, 3.8) is 0 Å². The van der Waals surface area contributed by atoms with E-state index in [0.29, 0.717) is 30.8 Å². The normalized spacial score (nSPS) is 14.9. The lowest BCUT2D eigenvalue weighted by molar-refractivity contribution is -0.376. The van der Waals surface area contributed by atoms with Crippen molar-refractivity contribution in [1.29, 1.82) is 0 Å². The second-order valence-electron chi connectivity index (χ2n) is 9.72. The molecule has 4 rings (SSSR count). The molecule has 0 spiro atoms. The molecule has 1 fully saturated rings. The maximum atomic E-state index is 14.7. The van der Waals surface area contributed by atoms with E-state index >= 15 is 0 Å². The minimum absolute atomic E-state index is 0.00316. The molecular weight excluding hydrogens is 592 g/mol. The Morgan fingerprint density at radius 1 is 0.744 bits per heavy atom. The third-order valence-electron chi connectivity index (χ3n) is 6.84. The highest BCUT2D eigenvalue weighted by atomic mass is 19.4. The van der Waals surface area contributed by atoms with Crippen LogP contribution in [-0.2, 0) is 12.1 Å². The fraction of sp³-hybridized carbons (Fsp3) is 0.286. The number of hydrogen-bond acceptors (Lipinski definition) is 4. The molecule has 1 aliphatic heterocycles.